The molecule has 1 aromatic carbocycles. The van der Waals surface area contributed by atoms with Crippen LogP contribution in [0.25, 0.3) is 11.1 Å². The van der Waals surface area contributed by atoms with Gasteiger partial charge in [-0.25, -0.2) is 9.59 Å². The fourth-order valence-corrected chi connectivity index (χ4v) is 1.91. The number of fused-ring (bicyclic) bond motifs is 1. The number of nitrogens with zero attached hydrogens (tertiary/aromatic N) is 1. The Balaban J connectivity index is 2.67. The third kappa shape index (κ3) is 1.85. The van der Waals surface area contributed by atoms with Crippen molar-refractivity contribution in [1.29, 1.82) is 0 Å². The molecule has 1 aromatic heterocycles. The minimum absolute atomic E-state index is 0.301. The van der Waals surface area contributed by atoms with E-state index >= 15 is 0 Å². The van der Waals surface area contributed by atoms with Crippen molar-refractivity contribution >= 4 is 17.1 Å². The molecule has 0 aliphatic heterocycles. The number of methoxy groups -OCH3 is 1. The maximum atomic E-state index is 11.7. The standard InChI is InChI=1S/C12H13NO5/c1-3-8(11(14)15)13-9-5-4-7(17-2)6-10(9)18-12(13)16/h4-6,8H,3H2,1-2H3,(H,14,15). The SMILES string of the molecule is CCC(C(=O)O)n1c(=O)oc2cc(OC)ccc21. The summed E-state index contributed by atoms with van der Waals surface area (Å²) in [6, 6.07) is 3.90. The van der Waals surface area contributed by atoms with Crippen LogP contribution in [0.4, 0.5) is 0 Å². The Morgan fingerprint density at radius 3 is 2.83 bits per heavy atom. The summed E-state index contributed by atoms with van der Waals surface area (Å²) in [5.41, 5.74) is 0.772. The molecule has 0 fully saturated rings. The number of aliphatic carboxylic acids is 1. The Kier molecular flexibility index (Phi) is 3.10. The van der Waals surface area contributed by atoms with Gasteiger partial charge in [0.25, 0.3) is 0 Å². The molecule has 96 valence electrons. The minimum Gasteiger partial charge on any atom is -0.497 e. The summed E-state index contributed by atoms with van der Waals surface area (Å²) in [6.07, 6.45) is 0.301. The van der Waals surface area contributed by atoms with Crippen LogP contribution < -0.4 is 10.5 Å². The van der Waals surface area contributed by atoms with Crippen LogP contribution in [-0.2, 0) is 4.79 Å². The second-order valence-electron chi connectivity index (χ2n) is 3.83. The fraction of sp³-hybridized carbons (Fsp3) is 0.333. The van der Waals surface area contributed by atoms with Crippen LogP contribution in [0, 0.1) is 0 Å². The van der Waals surface area contributed by atoms with E-state index in [9.17, 15) is 9.59 Å². The highest BCUT2D eigenvalue weighted by molar-refractivity contribution is 5.79. The lowest BCUT2D eigenvalue weighted by molar-refractivity contribution is -0.141. The van der Waals surface area contributed by atoms with Gasteiger partial charge in [-0.2, -0.15) is 0 Å². The van der Waals surface area contributed by atoms with Crippen molar-refractivity contribution in [3.63, 3.8) is 0 Å². The van der Waals surface area contributed by atoms with E-state index in [-0.39, 0.29) is 0 Å². The predicted octanol–water partition coefficient (Wildman–Crippen LogP) is 1.64. The van der Waals surface area contributed by atoms with Crippen LogP contribution >= 0.6 is 0 Å². The van der Waals surface area contributed by atoms with Gasteiger partial charge in [0.05, 0.1) is 12.6 Å². The number of oxazole rings is 1. The monoisotopic (exact) mass is 251 g/mol. The first-order valence-electron chi connectivity index (χ1n) is 5.50. The molecule has 0 aliphatic rings. The number of aromatic nitrogens is 1. The number of carboxylic acids is 1. The maximum absolute atomic E-state index is 11.7. The topological polar surface area (TPSA) is 81.7 Å². The van der Waals surface area contributed by atoms with E-state index < -0.39 is 17.8 Å². The number of carbonyl (C=O) groups is 1. The molecule has 0 aliphatic carbocycles. The number of rotatable bonds is 4. The van der Waals surface area contributed by atoms with E-state index in [0.29, 0.717) is 23.3 Å². The van der Waals surface area contributed by atoms with Crippen LogP contribution in [0.1, 0.15) is 19.4 Å². The summed E-state index contributed by atoms with van der Waals surface area (Å²) in [5, 5.41) is 9.10. The second kappa shape index (κ2) is 4.56. The first kappa shape index (κ1) is 12.2. The van der Waals surface area contributed by atoms with Crippen LogP contribution in [0.5, 0.6) is 5.75 Å². The lowest BCUT2D eigenvalue weighted by atomic mass is 10.2. The summed E-state index contributed by atoms with van der Waals surface area (Å²) in [4.78, 5) is 22.9. The van der Waals surface area contributed by atoms with Gasteiger partial charge in [0.2, 0.25) is 0 Å². The quantitative estimate of drug-likeness (QED) is 0.893. The molecular weight excluding hydrogens is 238 g/mol. The predicted molar refractivity (Wildman–Crippen MR) is 64.0 cm³/mol. The summed E-state index contributed by atoms with van der Waals surface area (Å²) in [7, 11) is 1.50. The van der Waals surface area contributed by atoms with E-state index in [4.69, 9.17) is 14.3 Å². The Labute approximate surface area is 102 Å². The number of benzene rings is 1. The van der Waals surface area contributed by atoms with Crippen molar-refractivity contribution in [3.8, 4) is 5.75 Å². The average Bonchev–Trinajstić information content (AvgIpc) is 2.66. The maximum Gasteiger partial charge on any atom is 0.420 e. The molecule has 0 radical (unpaired) electrons. The normalized spacial score (nSPS) is 12.6. The molecule has 2 aromatic rings. The van der Waals surface area contributed by atoms with Gasteiger partial charge >= 0.3 is 11.7 Å². The summed E-state index contributed by atoms with van der Waals surface area (Å²) in [5.74, 6) is -1.18. The third-order valence-corrected chi connectivity index (χ3v) is 2.80. The zero-order chi connectivity index (χ0) is 13.3. The second-order valence-corrected chi connectivity index (χ2v) is 3.83. The van der Waals surface area contributed by atoms with E-state index in [1.807, 2.05) is 0 Å². The third-order valence-electron chi connectivity index (χ3n) is 2.80. The molecule has 0 saturated carbocycles. The molecule has 1 unspecified atom stereocenters. The zero-order valence-corrected chi connectivity index (χ0v) is 10.0. The first-order valence-corrected chi connectivity index (χ1v) is 5.50. The van der Waals surface area contributed by atoms with Crippen molar-refractivity contribution in [1.82, 2.24) is 4.57 Å². The Hall–Kier alpha value is -2.24. The number of hydrogen-bond acceptors (Lipinski definition) is 4. The molecule has 1 N–H and O–H groups in total. The van der Waals surface area contributed by atoms with Crippen molar-refractivity contribution in [3.05, 3.63) is 28.7 Å². The van der Waals surface area contributed by atoms with Gasteiger partial charge in [0.1, 0.15) is 11.8 Å². The van der Waals surface area contributed by atoms with Gasteiger partial charge in [-0.1, -0.05) is 6.92 Å². The minimum atomic E-state index is -1.06. The van der Waals surface area contributed by atoms with Crippen molar-refractivity contribution in [2.24, 2.45) is 0 Å². The molecular formula is C12H13NO5. The molecule has 0 bridgehead atoms. The summed E-state index contributed by atoms with van der Waals surface area (Å²) in [6.45, 7) is 1.70. The van der Waals surface area contributed by atoms with Gasteiger partial charge in [-0.05, 0) is 18.6 Å². The lowest BCUT2D eigenvalue weighted by Crippen LogP contribution is -2.26. The molecule has 6 heteroatoms. The Bertz CT molecular complexity index is 639. The number of hydrogen-bond donors (Lipinski definition) is 1. The molecule has 0 spiro atoms. The highest BCUT2D eigenvalue weighted by atomic mass is 16.5. The van der Waals surface area contributed by atoms with E-state index in [2.05, 4.69) is 0 Å². The summed E-state index contributed by atoms with van der Waals surface area (Å²) < 4.78 is 11.2. The highest BCUT2D eigenvalue weighted by Crippen LogP contribution is 2.23. The van der Waals surface area contributed by atoms with Gasteiger partial charge in [-0.3, -0.25) is 4.57 Å². The average molecular weight is 251 g/mol. The number of ether oxygens (including phenoxy) is 1. The largest absolute Gasteiger partial charge is 0.497 e. The zero-order valence-electron chi connectivity index (χ0n) is 10.0. The van der Waals surface area contributed by atoms with Crippen LogP contribution in [0.3, 0.4) is 0 Å². The first-order chi connectivity index (χ1) is 8.58. The van der Waals surface area contributed by atoms with Crippen LogP contribution in [0.15, 0.2) is 27.4 Å². The smallest absolute Gasteiger partial charge is 0.420 e. The van der Waals surface area contributed by atoms with E-state index in [0.717, 1.165) is 4.57 Å². The molecule has 0 amide bonds. The highest BCUT2D eigenvalue weighted by Gasteiger charge is 2.23. The van der Waals surface area contributed by atoms with Crippen molar-refractivity contribution < 1.29 is 19.1 Å². The Morgan fingerprint density at radius 2 is 2.28 bits per heavy atom. The lowest BCUT2D eigenvalue weighted by Gasteiger charge is -2.10. The summed E-state index contributed by atoms with van der Waals surface area (Å²) >= 11 is 0. The number of carboxylic acid groups (broad SMARTS) is 1. The van der Waals surface area contributed by atoms with Crippen molar-refractivity contribution in [2.45, 2.75) is 19.4 Å². The molecule has 0 saturated heterocycles. The molecule has 2 rings (SSSR count). The van der Waals surface area contributed by atoms with Gasteiger partial charge in [0, 0.05) is 6.07 Å². The molecule has 1 heterocycles. The van der Waals surface area contributed by atoms with Crippen LogP contribution in [0.2, 0.25) is 0 Å². The van der Waals surface area contributed by atoms with Crippen LogP contribution in [-0.4, -0.2) is 22.8 Å². The Morgan fingerprint density at radius 1 is 1.56 bits per heavy atom. The molecule has 6 nitrogen and oxygen atoms in total. The van der Waals surface area contributed by atoms with Gasteiger partial charge in [-0.15, -0.1) is 0 Å². The van der Waals surface area contributed by atoms with Gasteiger partial charge in [0.15, 0.2) is 5.58 Å². The fourth-order valence-electron chi connectivity index (χ4n) is 1.91. The van der Waals surface area contributed by atoms with E-state index in [1.54, 1.807) is 25.1 Å². The van der Waals surface area contributed by atoms with Crippen molar-refractivity contribution in [2.75, 3.05) is 7.11 Å². The molecule has 18 heavy (non-hydrogen) atoms. The molecule has 1 atom stereocenters. The van der Waals surface area contributed by atoms with Gasteiger partial charge < -0.3 is 14.3 Å². The van der Waals surface area contributed by atoms with E-state index in [1.165, 1.54) is 7.11 Å².